The molecule has 4 aromatic carbocycles. The molecular formula is C26H20F2N2O3S. The largest absolute Gasteiger partial charge is 0.324 e. The highest BCUT2D eigenvalue weighted by molar-refractivity contribution is 7.92. The van der Waals surface area contributed by atoms with Gasteiger partial charge in [0, 0.05) is 11.3 Å². The Labute approximate surface area is 196 Å². The Balaban J connectivity index is 1.66. The summed E-state index contributed by atoms with van der Waals surface area (Å²) in [7, 11) is -4.25. The first-order valence-electron chi connectivity index (χ1n) is 10.3. The van der Waals surface area contributed by atoms with Gasteiger partial charge in [-0.2, -0.15) is 0 Å². The monoisotopic (exact) mass is 478 g/mol. The van der Waals surface area contributed by atoms with E-state index in [0.29, 0.717) is 5.69 Å². The lowest BCUT2D eigenvalue weighted by Crippen LogP contribution is -2.38. The van der Waals surface area contributed by atoms with E-state index < -0.39 is 34.1 Å². The number of sulfonamides is 1. The van der Waals surface area contributed by atoms with Gasteiger partial charge in [0.05, 0.1) is 10.6 Å². The van der Waals surface area contributed by atoms with Gasteiger partial charge < -0.3 is 5.32 Å². The van der Waals surface area contributed by atoms with Gasteiger partial charge in [0.25, 0.3) is 10.0 Å². The maximum absolute atomic E-state index is 13.5. The molecule has 34 heavy (non-hydrogen) atoms. The highest BCUT2D eigenvalue weighted by atomic mass is 32.2. The van der Waals surface area contributed by atoms with Gasteiger partial charge >= 0.3 is 0 Å². The van der Waals surface area contributed by atoms with Crippen molar-refractivity contribution in [1.82, 2.24) is 0 Å². The predicted molar refractivity (Wildman–Crippen MR) is 128 cm³/mol. The molecule has 0 saturated carbocycles. The Hall–Kier alpha value is -4.04. The van der Waals surface area contributed by atoms with Crippen molar-refractivity contribution in [3.63, 3.8) is 0 Å². The van der Waals surface area contributed by atoms with Gasteiger partial charge in [0.1, 0.15) is 18.2 Å². The third-order valence-corrected chi connectivity index (χ3v) is 6.88. The minimum Gasteiger partial charge on any atom is -0.324 e. The fourth-order valence-corrected chi connectivity index (χ4v) is 4.86. The van der Waals surface area contributed by atoms with Crippen LogP contribution in [-0.4, -0.2) is 20.9 Å². The van der Waals surface area contributed by atoms with E-state index in [2.05, 4.69) is 5.32 Å². The molecule has 0 fully saturated rings. The molecule has 1 amide bonds. The van der Waals surface area contributed by atoms with Gasteiger partial charge in [-0.3, -0.25) is 9.10 Å². The van der Waals surface area contributed by atoms with Gasteiger partial charge in [-0.1, -0.05) is 48.5 Å². The third-order valence-electron chi connectivity index (χ3n) is 5.09. The number of carbonyl (C=O) groups excluding carboxylic acids is 1. The average molecular weight is 479 g/mol. The first kappa shape index (κ1) is 23.1. The number of hydrogen-bond acceptors (Lipinski definition) is 3. The second-order valence-electron chi connectivity index (χ2n) is 7.40. The minimum absolute atomic E-state index is 0.0946. The van der Waals surface area contributed by atoms with E-state index in [1.54, 1.807) is 12.1 Å². The molecule has 0 aromatic heterocycles. The topological polar surface area (TPSA) is 66.5 Å². The number of para-hydroxylation sites is 1. The van der Waals surface area contributed by atoms with E-state index in [1.165, 1.54) is 12.1 Å². The molecule has 0 radical (unpaired) electrons. The highest BCUT2D eigenvalue weighted by Crippen LogP contribution is 2.28. The van der Waals surface area contributed by atoms with E-state index in [-0.39, 0.29) is 10.6 Å². The van der Waals surface area contributed by atoms with Crippen LogP contribution in [0, 0.1) is 11.6 Å². The number of nitrogens with zero attached hydrogens (tertiary/aromatic N) is 1. The quantitative estimate of drug-likeness (QED) is 0.383. The zero-order valence-corrected chi connectivity index (χ0v) is 18.7. The van der Waals surface area contributed by atoms with Crippen LogP contribution in [0.2, 0.25) is 0 Å². The summed E-state index contributed by atoms with van der Waals surface area (Å²) < 4.78 is 54.4. The molecule has 5 nitrogen and oxygen atoms in total. The lowest BCUT2D eigenvalue weighted by Gasteiger charge is -2.24. The van der Waals surface area contributed by atoms with Crippen molar-refractivity contribution in [2.24, 2.45) is 0 Å². The molecule has 0 unspecified atom stereocenters. The van der Waals surface area contributed by atoms with E-state index >= 15 is 0 Å². The summed E-state index contributed by atoms with van der Waals surface area (Å²) in [5.74, 6) is -1.75. The van der Waals surface area contributed by atoms with Gasteiger partial charge in [-0.15, -0.1) is 0 Å². The molecule has 0 aliphatic heterocycles. The number of carbonyl (C=O) groups is 1. The minimum atomic E-state index is -4.25. The second kappa shape index (κ2) is 9.84. The summed E-state index contributed by atoms with van der Waals surface area (Å²) in [6.45, 7) is -0.575. The van der Waals surface area contributed by atoms with Crippen LogP contribution in [-0.2, 0) is 14.8 Å². The van der Waals surface area contributed by atoms with Crippen molar-refractivity contribution >= 4 is 27.3 Å². The van der Waals surface area contributed by atoms with Crippen molar-refractivity contribution in [1.29, 1.82) is 0 Å². The number of rotatable bonds is 7. The fourth-order valence-electron chi connectivity index (χ4n) is 3.44. The average Bonchev–Trinajstić information content (AvgIpc) is 2.84. The van der Waals surface area contributed by atoms with Crippen LogP contribution in [0.4, 0.5) is 20.2 Å². The smallest absolute Gasteiger partial charge is 0.264 e. The normalized spacial score (nSPS) is 11.1. The highest BCUT2D eigenvalue weighted by Gasteiger charge is 2.27. The summed E-state index contributed by atoms with van der Waals surface area (Å²) >= 11 is 0. The van der Waals surface area contributed by atoms with Crippen LogP contribution in [0.3, 0.4) is 0 Å². The third kappa shape index (κ3) is 5.13. The first-order chi connectivity index (χ1) is 16.3. The number of hydrogen-bond donors (Lipinski definition) is 1. The number of anilines is 2. The zero-order valence-electron chi connectivity index (χ0n) is 17.9. The standard InChI is InChI=1S/C26H20F2N2O3S/c27-20-10-14-22(15-11-20)30(34(32,33)23-16-12-21(28)13-17-23)18-26(31)29-25-9-5-4-8-24(25)19-6-2-1-3-7-19/h1-17H,18H2,(H,29,31). The number of amides is 1. The lowest BCUT2D eigenvalue weighted by molar-refractivity contribution is -0.114. The molecule has 0 spiro atoms. The van der Waals surface area contributed by atoms with Crippen molar-refractivity contribution in [3.05, 3.63) is 115 Å². The zero-order chi connectivity index (χ0) is 24.1. The number of halogens is 2. The Bertz CT molecular complexity index is 1390. The SMILES string of the molecule is O=C(CN(c1ccc(F)cc1)S(=O)(=O)c1ccc(F)cc1)Nc1ccccc1-c1ccccc1. The molecule has 0 saturated heterocycles. The Morgan fingerprint density at radius 1 is 0.735 bits per heavy atom. The summed E-state index contributed by atoms with van der Waals surface area (Å²) in [5.41, 5.74) is 2.26. The van der Waals surface area contributed by atoms with Crippen LogP contribution >= 0.6 is 0 Å². The van der Waals surface area contributed by atoms with E-state index in [4.69, 9.17) is 0 Å². The van der Waals surface area contributed by atoms with Crippen LogP contribution < -0.4 is 9.62 Å². The summed E-state index contributed by atoms with van der Waals surface area (Å²) in [6.07, 6.45) is 0. The maximum atomic E-state index is 13.5. The van der Waals surface area contributed by atoms with Crippen LogP contribution in [0.1, 0.15) is 0 Å². The van der Waals surface area contributed by atoms with Crippen molar-refractivity contribution in [3.8, 4) is 11.1 Å². The van der Waals surface area contributed by atoms with Crippen molar-refractivity contribution < 1.29 is 22.0 Å². The van der Waals surface area contributed by atoms with Crippen LogP contribution in [0.5, 0.6) is 0 Å². The van der Waals surface area contributed by atoms with Gasteiger partial charge in [-0.25, -0.2) is 17.2 Å². The molecule has 8 heteroatoms. The van der Waals surface area contributed by atoms with Crippen LogP contribution in [0.25, 0.3) is 11.1 Å². The van der Waals surface area contributed by atoms with E-state index in [1.807, 2.05) is 42.5 Å². The molecule has 0 aliphatic carbocycles. The molecule has 0 aliphatic rings. The Morgan fingerprint density at radius 3 is 1.94 bits per heavy atom. The molecule has 172 valence electrons. The number of nitrogens with one attached hydrogen (secondary N) is 1. The molecule has 1 N–H and O–H groups in total. The fraction of sp³-hybridized carbons (Fsp3) is 0.0385. The number of benzene rings is 4. The first-order valence-corrected chi connectivity index (χ1v) is 11.8. The predicted octanol–water partition coefficient (Wildman–Crippen LogP) is 5.47. The molecule has 0 heterocycles. The summed E-state index contributed by atoms with van der Waals surface area (Å²) in [4.78, 5) is 12.8. The Kier molecular flexibility index (Phi) is 6.70. The molecule has 4 aromatic rings. The van der Waals surface area contributed by atoms with E-state index in [9.17, 15) is 22.0 Å². The van der Waals surface area contributed by atoms with Crippen molar-refractivity contribution in [2.75, 3.05) is 16.2 Å². The summed E-state index contributed by atoms with van der Waals surface area (Å²) in [5, 5.41) is 2.77. The second-order valence-corrected chi connectivity index (χ2v) is 9.26. The van der Waals surface area contributed by atoms with Gasteiger partial charge in [-0.05, 0) is 60.2 Å². The van der Waals surface area contributed by atoms with Crippen molar-refractivity contribution in [2.45, 2.75) is 4.90 Å². The maximum Gasteiger partial charge on any atom is 0.264 e. The van der Waals surface area contributed by atoms with Crippen LogP contribution in [0.15, 0.2) is 108 Å². The molecule has 0 atom stereocenters. The molecule has 4 rings (SSSR count). The van der Waals surface area contributed by atoms with Gasteiger partial charge in [0.15, 0.2) is 0 Å². The molecular weight excluding hydrogens is 458 g/mol. The van der Waals surface area contributed by atoms with E-state index in [0.717, 1.165) is 51.8 Å². The lowest BCUT2D eigenvalue weighted by atomic mass is 10.0. The summed E-state index contributed by atoms with van der Waals surface area (Å²) in [6, 6.07) is 25.6. The van der Waals surface area contributed by atoms with Gasteiger partial charge in [0.2, 0.25) is 5.91 Å². The Morgan fingerprint density at radius 2 is 1.29 bits per heavy atom. The molecule has 0 bridgehead atoms.